The number of allylic oxidation sites excluding steroid dienone is 2. The number of pyridine rings is 1. The summed E-state index contributed by atoms with van der Waals surface area (Å²) in [7, 11) is 0. The van der Waals surface area contributed by atoms with Gasteiger partial charge in [-0.2, -0.15) is 0 Å². The Morgan fingerprint density at radius 1 is 0.958 bits per heavy atom. The topological polar surface area (TPSA) is 171 Å². The number of carbonyl (C=O) groups excluding carboxylic acids is 2. The van der Waals surface area contributed by atoms with E-state index in [9.17, 15) is 29.1 Å². The molecule has 0 saturated carbocycles. The Morgan fingerprint density at radius 2 is 1.62 bits per heavy atom. The number of aliphatic imine (C=N–C) groups is 1. The number of aliphatic carboxylic acids is 1. The van der Waals surface area contributed by atoms with E-state index in [-0.39, 0.29) is 17.6 Å². The molecule has 2 aliphatic rings. The summed E-state index contributed by atoms with van der Waals surface area (Å²) in [5, 5.41) is 27.3. The van der Waals surface area contributed by atoms with Gasteiger partial charge in [-0.05, 0) is 11.6 Å². The van der Waals surface area contributed by atoms with E-state index >= 15 is 0 Å². The first-order chi connectivity index (χ1) is 11.2. The first-order valence-corrected chi connectivity index (χ1v) is 6.37. The van der Waals surface area contributed by atoms with Gasteiger partial charge in [-0.1, -0.05) is 0 Å². The number of aromatic carboxylic acids is 2. The van der Waals surface area contributed by atoms with Crippen molar-refractivity contribution in [3.63, 3.8) is 0 Å². The molecule has 0 aromatic carbocycles. The van der Waals surface area contributed by atoms with Crippen LogP contribution in [0.15, 0.2) is 16.8 Å². The van der Waals surface area contributed by atoms with E-state index in [0.717, 1.165) is 6.07 Å². The predicted molar refractivity (Wildman–Crippen MR) is 74.1 cm³/mol. The standard InChI is InChI=1S/C14H6N2O8/c17-10-8-3(1-5(15-8)13(21)22)7-4(12(19)20)2-6(14(23)24)16-9(7)11(10)18/h2H,1H2,(H,19,20)(H,21,22)(H,23,24). The second kappa shape index (κ2) is 4.91. The lowest BCUT2D eigenvalue weighted by molar-refractivity contribution is -0.129. The average molecular weight is 330 g/mol. The fourth-order valence-corrected chi connectivity index (χ4v) is 2.52. The largest absolute Gasteiger partial charge is 0.478 e. The number of hydrogen-bond acceptors (Lipinski definition) is 7. The van der Waals surface area contributed by atoms with Crippen molar-refractivity contribution in [2.45, 2.75) is 6.42 Å². The third kappa shape index (κ3) is 2.00. The van der Waals surface area contributed by atoms with Crippen LogP contribution in [-0.4, -0.2) is 55.5 Å². The molecule has 10 heteroatoms. The van der Waals surface area contributed by atoms with Gasteiger partial charge in [-0.25, -0.2) is 24.4 Å². The highest BCUT2D eigenvalue weighted by Crippen LogP contribution is 2.38. The number of nitrogens with zero attached hydrogens (tertiary/aromatic N) is 2. The molecule has 2 heterocycles. The minimum absolute atomic E-state index is 0.0613. The minimum Gasteiger partial charge on any atom is -0.478 e. The minimum atomic E-state index is -1.57. The van der Waals surface area contributed by atoms with Gasteiger partial charge < -0.3 is 15.3 Å². The summed E-state index contributed by atoms with van der Waals surface area (Å²) < 4.78 is 0. The van der Waals surface area contributed by atoms with E-state index in [2.05, 4.69) is 9.98 Å². The zero-order valence-corrected chi connectivity index (χ0v) is 11.6. The molecule has 0 radical (unpaired) electrons. The van der Waals surface area contributed by atoms with E-state index < -0.39 is 57.8 Å². The molecule has 0 bridgehead atoms. The van der Waals surface area contributed by atoms with Crippen LogP contribution >= 0.6 is 0 Å². The molecule has 1 aliphatic heterocycles. The number of carboxylic acids is 3. The van der Waals surface area contributed by atoms with Gasteiger partial charge in [0.2, 0.25) is 0 Å². The fourth-order valence-electron chi connectivity index (χ4n) is 2.52. The van der Waals surface area contributed by atoms with Gasteiger partial charge >= 0.3 is 17.9 Å². The van der Waals surface area contributed by atoms with Crippen molar-refractivity contribution in [3.05, 3.63) is 34.3 Å². The van der Waals surface area contributed by atoms with Gasteiger partial charge in [-0.15, -0.1) is 0 Å². The van der Waals surface area contributed by atoms with Crippen LogP contribution in [0.3, 0.4) is 0 Å². The summed E-state index contributed by atoms with van der Waals surface area (Å²) >= 11 is 0. The molecular weight excluding hydrogens is 324 g/mol. The van der Waals surface area contributed by atoms with Crippen LogP contribution in [0, 0.1) is 0 Å². The van der Waals surface area contributed by atoms with Gasteiger partial charge in [0.15, 0.2) is 0 Å². The van der Waals surface area contributed by atoms with E-state index in [4.69, 9.17) is 10.2 Å². The SMILES string of the molecule is O=C(O)C1=NC2=C(C1)c1c(C(=O)O)cc(C(=O)O)nc1C(=O)C2=O. The smallest absolute Gasteiger partial charge is 0.354 e. The molecule has 0 atom stereocenters. The van der Waals surface area contributed by atoms with Crippen LogP contribution < -0.4 is 0 Å². The van der Waals surface area contributed by atoms with Gasteiger partial charge in [-0.3, -0.25) is 9.59 Å². The van der Waals surface area contributed by atoms with Crippen molar-refractivity contribution in [1.29, 1.82) is 0 Å². The highest BCUT2D eigenvalue weighted by molar-refractivity contribution is 6.54. The molecule has 1 aromatic rings. The number of rotatable bonds is 3. The quantitative estimate of drug-likeness (QED) is 0.639. The van der Waals surface area contributed by atoms with E-state index in [1.54, 1.807) is 0 Å². The Labute approximate surface area is 131 Å². The zero-order chi connectivity index (χ0) is 17.8. The number of carboxylic acid groups (broad SMARTS) is 3. The van der Waals surface area contributed by atoms with Crippen molar-refractivity contribution in [2.24, 2.45) is 4.99 Å². The van der Waals surface area contributed by atoms with E-state index in [1.807, 2.05) is 0 Å². The number of hydrogen-bond donors (Lipinski definition) is 3. The number of carbonyl (C=O) groups is 5. The molecule has 0 fully saturated rings. The maximum Gasteiger partial charge on any atom is 0.354 e. The molecule has 3 rings (SSSR count). The maximum atomic E-state index is 12.1. The molecule has 0 saturated heterocycles. The summed E-state index contributed by atoms with van der Waals surface area (Å²) in [6.45, 7) is 0. The normalized spacial score (nSPS) is 15.8. The van der Waals surface area contributed by atoms with Crippen molar-refractivity contribution in [3.8, 4) is 0 Å². The van der Waals surface area contributed by atoms with Crippen LogP contribution in [0.1, 0.15) is 43.3 Å². The van der Waals surface area contributed by atoms with Crippen molar-refractivity contribution >= 4 is 40.8 Å². The second-order valence-corrected chi connectivity index (χ2v) is 4.91. The lowest BCUT2D eigenvalue weighted by atomic mass is 9.86. The maximum absolute atomic E-state index is 12.1. The van der Waals surface area contributed by atoms with E-state index in [0.29, 0.717) is 0 Å². The zero-order valence-electron chi connectivity index (χ0n) is 11.6. The third-order valence-corrected chi connectivity index (χ3v) is 3.53. The molecule has 120 valence electrons. The van der Waals surface area contributed by atoms with Gasteiger partial charge in [0, 0.05) is 12.0 Å². The van der Waals surface area contributed by atoms with Crippen molar-refractivity contribution in [1.82, 2.24) is 4.98 Å². The number of aromatic nitrogens is 1. The number of ketones is 2. The first kappa shape index (κ1) is 15.2. The lowest BCUT2D eigenvalue weighted by Gasteiger charge is -2.17. The summed E-state index contributed by atoms with van der Waals surface area (Å²) in [5.74, 6) is -6.92. The molecule has 0 spiro atoms. The summed E-state index contributed by atoms with van der Waals surface area (Å²) in [5.41, 5.74) is -3.11. The van der Waals surface area contributed by atoms with Crippen LogP contribution in [-0.2, 0) is 9.59 Å². The molecular formula is C14H6N2O8. The highest BCUT2D eigenvalue weighted by atomic mass is 16.4. The van der Waals surface area contributed by atoms with Gasteiger partial charge in [0.1, 0.15) is 22.8 Å². The molecule has 0 amide bonds. The Bertz CT molecular complexity index is 954. The Hall–Kier alpha value is -3.69. The Balaban J connectivity index is 2.33. The van der Waals surface area contributed by atoms with Crippen molar-refractivity contribution < 1.29 is 39.3 Å². The second-order valence-electron chi connectivity index (χ2n) is 4.91. The molecule has 0 unspecified atom stereocenters. The molecule has 1 aliphatic carbocycles. The van der Waals surface area contributed by atoms with Crippen LogP contribution in [0.5, 0.6) is 0 Å². The fraction of sp³-hybridized carbons (Fsp3) is 0.0714. The lowest BCUT2D eigenvalue weighted by Crippen LogP contribution is -2.26. The molecule has 3 N–H and O–H groups in total. The van der Waals surface area contributed by atoms with Crippen molar-refractivity contribution in [2.75, 3.05) is 0 Å². The van der Waals surface area contributed by atoms with Gasteiger partial charge in [0.05, 0.1) is 5.56 Å². The monoisotopic (exact) mass is 330 g/mol. The summed E-state index contributed by atoms with van der Waals surface area (Å²) in [6.07, 6.45) is -0.370. The van der Waals surface area contributed by atoms with Gasteiger partial charge in [0.25, 0.3) is 11.6 Å². The predicted octanol–water partition coefficient (Wildman–Crippen LogP) is -0.116. The summed E-state index contributed by atoms with van der Waals surface area (Å²) in [4.78, 5) is 64.9. The molecule has 1 aromatic heterocycles. The highest BCUT2D eigenvalue weighted by Gasteiger charge is 2.41. The number of Topliss-reactive ketones (excluding diaryl/α,β-unsaturated/α-hetero) is 2. The third-order valence-electron chi connectivity index (χ3n) is 3.53. The van der Waals surface area contributed by atoms with E-state index in [1.165, 1.54) is 0 Å². The van der Waals surface area contributed by atoms with Crippen LogP contribution in [0.4, 0.5) is 0 Å². The Morgan fingerprint density at radius 3 is 2.17 bits per heavy atom. The molecule has 10 nitrogen and oxygen atoms in total. The summed E-state index contributed by atoms with van der Waals surface area (Å²) in [6, 6.07) is 0.746. The number of fused-ring (bicyclic) bond motifs is 2. The Kier molecular flexibility index (Phi) is 3.11. The average Bonchev–Trinajstić information content (AvgIpc) is 2.96. The van der Waals surface area contributed by atoms with Crippen LogP contribution in [0.2, 0.25) is 0 Å². The first-order valence-electron chi connectivity index (χ1n) is 6.37. The molecule has 24 heavy (non-hydrogen) atoms. The van der Waals surface area contributed by atoms with Crippen LogP contribution in [0.25, 0.3) is 5.57 Å².